The minimum Gasteiger partial charge on any atom is -0.216 e. The van der Waals surface area contributed by atoms with Gasteiger partial charge in [0, 0.05) is 26.2 Å². The van der Waals surface area contributed by atoms with Gasteiger partial charge in [-0.1, -0.05) is 42.0 Å². The molecule has 26 heavy (non-hydrogen) atoms. The first-order chi connectivity index (χ1) is 12.3. The smallest absolute Gasteiger partial charge is 0.216 e. The minimum atomic E-state index is -0.0277. The molecule has 129 valence electrons. The predicted molar refractivity (Wildman–Crippen MR) is 102 cm³/mol. The summed E-state index contributed by atoms with van der Waals surface area (Å²) in [5, 5.41) is 0. The van der Waals surface area contributed by atoms with Gasteiger partial charge in [-0.3, -0.25) is 0 Å². The third-order valence-corrected chi connectivity index (χ3v) is 5.18. The number of rotatable bonds is 1. The molecule has 2 heterocycles. The summed E-state index contributed by atoms with van der Waals surface area (Å²) in [6.07, 6.45) is 2.01. The Bertz CT molecular complexity index is 1060. The molecular formula is C23H18IrN2. The molecule has 0 N–H and O–H groups in total. The first-order valence-corrected chi connectivity index (χ1v) is 8.61. The molecule has 0 aromatic heterocycles. The van der Waals surface area contributed by atoms with Crippen LogP contribution in [0, 0.1) is 19.9 Å². The van der Waals surface area contributed by atoms with E-state index in [4.69, 9.17) is 4.99 Å². The van der Waals surface area contributed by atoms with Crippen LogP contribution in [-0.4, -0.2) is 16.5 Å². The molecule has 0 amide bonds. The summed E-state index contributed by atoms with van der Waals surface area (Å²) < 4.78 is 2.36. The molecule has 0 spiro atoms. The van der Waals surface area contributed by atoms with Crippen molar-refractivity contribution in [2.75, 3.05) is 0 Å². The SMILES string of the molecule is Cc1cccc(C)c1C1=[N+]2c3ccccc3-c3ccc[c-]c3C2N=C1.[Ir]. The molecular weight excluding hydrogens is 496 g/mol. The molecule has 1 radical (unpaired) electrons. The Morgan fingerprint density at radius 3 is 2.42 bits per heavy atom. The Labute approximate surface area is 167 Å². The average molecular weight is 515 g/mol. The van der Waals surface area contributed by atoms with E-state index in [0.717, 1.165) is 5.56 Å². The zero-order chi connectivity index (χ0) is 17.0. The Hall–Kier alpha value is -2.35. The van der Waals surface area contributed by atoms with E-state index in [1.165, 1.54) is 39.2 Å². The third-order valence-electron chi connectivity index (χ3n) is 5.18. The van der Waals surface area contributed by atoms with Crippen molar-refractivity contribution < 1.29 is 24.7 Å². The molecule has 2 aliphatic rings. The first-order valence-electron chi connectivity index (χ1n) is 8.61. The molecule has 0 saturated heterocycles. The molecule has 2 aliphatic heterocycles. The van der Waals surface area contributed by atoms with Crippen molar-refractivity contribution in [2.45, 2.75) is 20.0 Å². The Balaban J connectivity index is 0.00000168. The maximum atomic E-state index is 4.87. The van der Waals surface area contributed by atoms with Crippen LogP contribution in [0.1, 0.15) is 28.4 Å². The largest absolute Gasteiger partial charge is 0.256 e. The van der Waals surface area contributed by atoms with Gasteiger partial charge in [-0.25, -0.2) is 4.99 Å². The first kappa shape index (κ1) is 17.1. The number of nitrogens with zero attached hydrogens (tertiary/aromatic N) is 2. The Morgan fingerprint density at radius 2 is 1.62 bits per heavy atom. The van der Waals surface area contributed by atoms with Crippen molar-refractivity contribution in [2.24, 2.45) is 4.99 Å². The fraction of sp³-hybridized carbons (Fsp3) is 0.130. The van der Waals surface area contributed by atoms with E-state index in [2.05, 4.69) is 79.1 Å². The normalized spacial score (nSPS) is 16.6. The summed E-state index contributed by atoms with van der Waals surface area (Å²) in [6, 6.07) is 24.7. The van der Waals surface area contributed by atoms with E-state index in [1.807, 2.05) is 12.3 Å². The quantitative estimate of drug-likeness (QED) is 0.321. The van der Waals surface area contributed by atoms with Crippen molar-refractivity contribution in [3.05, 3.63) is 89.0 Å². The van der Waals surface area contributed by atoms with E-state index >= 15 is 0 Å². The molecule has 2 nitrogen and oxygen atoms in total. The molecule has 3 aromatic carbocycles. The van der Waals surface area contributed by atoms with Gasteiger partial charge in [0.2, 0.25) is 11.4 Å². The summed E-state index contributed by atoms with van der Waals surface area (Å²) in [6.45, 7) is 4.35. The van der Waals surface area contributed by atoms with Crippen LogP contribution >= 0.6 is 0 Å². The zero-order valence-corrected chi connectivity index (χ0v) is 17.1. The van der Waals surface area contributed by atoms with Crippen molar-refractivity contribution in [3.63, 3.8) is 0 Å². The maximum Gasteiger partial charge on any atom is 0.256 e. The number of fused-ring (bicyclic) bond motifs is 6. The summed E-state index contributed by atoms with van der Waals surface area (Å²) in [4.78, 5) is 4.87. The summed E-state index contributed by atoms with van der Waals surface area (Å²) in [5.74, 6) is 0. The van der Waals surface area contributed by atoms with Gasteiger partial charge < -0.3 is 0 Å². The van der Waals surface area contributed by atoms with E-state index in [0.29, 0.717) is 0 Å². The fourth-order valence-electron chi connectivity index (χ4n) is 4.08. The molecule has 1 atom stereocenters. The standard InChI is InChI=1S/C23H18N2.Ir/c1-15-8-7-9-16(2)22(15)21-14-24-23-19-12-4-3-10-17(19)18-11-5-6-13-20(18)25(21)23;/h3-11,13-14,23H,1-2H3;. The van der Waals surface area contributed by atoms with Crippen LogP contribution in [0.15, 0.2) is 65.7 Å². The van der Waals surface area contributed by atoms with E-state index in [-0.39, 0.29) is 26.3 Å². The Morgan fingerprint density at radius 1 is 0.885 bits per heavy atom. The minimum absolute atomic E-state index is 0. The molecule has 0 bridgehead atoms. The number of aryl methyl sites for hydroxylation is 2. The predicted octanol–water partition coefficient (Wildman–Crippen LogP) is 5.00. The van der Waals surface area contributed by atoms with E-state index < -0.39 is 0 Å². The van der Waals surface area contributed by atoms with Crippen molar-refractivity contribution >= 4 is 17.6 Å². The summed E-state index contributed by atoms with van der Waals surface area (Å²) in [5.41, 5.74) is 9.87. The van der Waals surface area contributed by atoms with Gasteiger partial charge in [0.1, 0.15) is 6.21 Å². The van der Waals surface area contributed by atoms with Gasteiger partial charge in [0.25, 0.3) is 6.17 Å². The van der Waals surface area contributed by atoms with Crippen molar-refractivity contribution in [3.8, 4) is 11.1 Å². The molecule has 0 fully saturated rings. The number of hydrogen-bond donors (Lipinski definition) is 0. The van der Waals surface area contributed by atoms with Crippen LogP contribution in [0.3, 0.4) is 0 Å². The maximum absolute atomic E-state index is 4.87. The van der Waals surface area contributed by atoms with Crippen molar-refractivity contribution in [1.29, 1.82) is 0 Å². The van der Waals surface area contributed by atoms with Crippen LogP contribution in [0.2, 0.25) is 0 Å². The molecule has 0 saturated carbocycles. The number of aliphatic imine (C=N–C) groups is 1. The molecule has 0 aliphatic carbocycles. The third kappa shape index (κ3) is 2.35. The fourth-order valence-corrected chi connectivity index (χ4v) is 4.08. The number of para-hydroxylation sites is 1. The second-order valence-electron chi connectivity index (χ2n) is 6.69. The van der Waals surface area contributed by atoms with Crippen LogP contribution in [0.25, 0.3) is 11.1 Å². The molecule has 3 heteroatoms. The van der Waals surface area contributed by atoms with Gasteiger partial charge in [0.05, 0.1) is 5.56 Å². The van der Waals surface area contributed by atoms with Crippen LogP contribution < -0.4 is 0 Å². The van der Waals surface area contributed by atoms with Gasteiger partial charge in [-0.2, -0.15) is 28.8 Å². The van der Waals surface area contributed by atoms with E-state index in [9.17, 15) is 0 Å². The van der Waals surface area contributed by atoms with Crippen LogP contribution in [-0.2, 0) is 20.1 Å². The van der Waals surface area contributed by atoms with Crippen LogP contribution in [0.4, 0.5) is 5.69 Å². The molecule has 3 aromatic rings. The zero-order valence-electron chi connectivity index (χ0n) is 14.7. The second kappa shape index (κ2) is 6.42. The van der Waals surface area contributed by atoms with Gasteiger partial charge >= 0.3 is 0 Å². The topological polar surface area (TPSA) is 15.4 Å². The second-order valence-corrected chi connectivity index (χ2v) is 6.69. The van der Waals surface area contributed by atoms with Gasteiger partial charge in [-0.15, -0.1) is 5.56 Å². The van der Waals surface area contributed by atoms with Crippen LogP contribution in [0.5, 0.6) is 0 Å². The summed E-state index contributed by atoms with van der Waals surface area (Å²) in [7, 11) is 0. The Kier molecular flexibility index (Phi) is 4.22. The van der Waals surface area contributed by atoms with E-state index in [1.54, 1.807) is 0 Å². The number of hydrogen-bond acceptors (Lipinski definition) is 1. The monoisotopic (exact) mass is 515 g/mol. The van der Waals surface area contributed by atoms with Gasteiger partial charge in [0.15, 0.2) is 0 Å². The average Bonchev–Trinajstić information content (AvgIpc) is 3.07. The molecule has 1 unspecified atom stereocenters. The van der Waals surface area contributed by atoms with Crippen molar-refractivity contribution in [1.82, 2.24) is 0 Å². The summed E-state index contributed by atoms with van der Waals surface area (Å²) >= 11 is 0. The number of benzene rings is 3. The van der Waals surface area contributed by atoms with Gasteiger partial charge in [-0.05, 0) is 30.5 Å². The molecule has 5 rings (SSSR count).